The van der Waals surface area contributed by atoms with E-state index in [9.17, 15) is 8.42 Å². The van der Waals surface area contributed by atoms with E-state index in [0.717, 1.165) is 6.54 Å². The predicted octanol–water partition coefficient (Wildman–Crippen LogP) is 2.53. The summed E-state index contributed by atoms with van der Waals surface area (Å²) in [5.41, 5.74) is 0. The average molecular weight is 483 g/mol. The fourth-order valence-electron chi connectivity index (χ4n) is 2.13. The van der Waals surface area contributed by atoms with Gasteiger partial charge in [-0.3, -0.25) is 4.99 Å². The number of nitrogens with zero attached hydrogens (tertiary/aromatic N) is 1. The van der Waals surface area contributed by atoms with Crippen LogP contribution in [0.15, 0.2) is 40.2 Å². The van der Waals surface area contributed by atoms with Crippen molar-refractivity contribution in [1.29, 1.82) is 0 Å². The molecule has 1 aromatic rings. The first-order valence-electron chi connectivity index (χ1n) is 7.88. The minimum Gasteiger partial charge on any atom is -0.355 e. The topological polar surface area (TPSA) is 70.6 Å². The zero-order valence-corrected chi connectivity index (χ0v) is 18.1. The Hall–Kier alpha value is -0.480. The summed E-state index contributed by atoms with van der Waals surface area (Å²) in [4.78, 5) is 5.44. The lowest BCUT2D eigenvalue weighted by atomic mass is 10.4. The third-order valence-corrected chi connectivity index (χ3v) is 7.03. The summed E-state index contributed by atoms with van der Waals surface area (Å²) in [5, 5.41) is 6.39. The van der Waals surface area contributed by atoms with Crippen molar-refractivity contribution >= 4 is 51.5 Å². The molecule has 24 heavy (non-hydrogen) atoms. The van der Waals surface area contributed by atoms with E-state index < -0.39 is 9.84 Å². The summed E-state index contributed by atoms with van der Waals surface area (Å²) < 4.78 is 23.2. The molecule has 1 saturated carbocycles. The Bertz CT molecular complexity index is 632. The van der Waals surface area contributed by atoms with E-state index in [0.29, 0.717) is 12.5 Å². The second kappa shape index (κ2) is 9.86. The lowest BCUT2D eigenvalue weighted by Gasteiger charge is -2.18. The highest BCUT2D eigenvalue weighted by Gasteiger charge is 2.43. The molecule has 5 nitrogen and oxygen atoms in total. The Kier molecular flexibility index (Phi) is 8.86. The second-order valence-corrected chi connectivity index (χ2v) is 9.70. The van der Waals surface area contributed by atoms with Crippen molar-refractivity contribution in [2.75, 3.05) is 31.6 Å². The molecule has 0 aromatic heterocycles. The Morgan fingerprint density at radius 3 is 2.46 bits per heavy atom. The molecule has 0 unspecified atom stereocenters. The molecule has 1 aliphatic carbocycles. The summed E-state index contributed by atoms with van der Waals surface area (Å²) in [6.07, 6.45) is 2.36. The molecular formula is C16H26IN3O2S2. The van der Waals surface area contributed by atoms with Crippen molar-refractivity contribution in [3.63, 3.8) is 0 Å². The zero-order chi connectivity index (χ0) is 16.8. The Balaban J connectivity index is 0.00000288. The molecule has 2 rings (SSSR count). The molecule has 0 spiro atoms. The summed E-state index contributed by atoms with van der Waals surface area (Å²) in [7, 11) is -1.24. The number of nitrogens with one attached hydrogen (secondary N) is 2. The fourth-order valence-corrected chi connectivity index (χ4v) is 4.07. The third kappa shape index (κ3) is 7.18. The lowest BCUT2D eigenvalue weighted by Crippen LogP contribution is -2.42. The van der Waals surface area contributed by atoms with Gasteiger partial charge in [0.25, 0.3) is 0 Å². The van der Waals surface area contributed by atoms with Gasteiger partial charge in [-0.1, -0.05) is 25.1 Å². The normalized spacial score (nSPS) is 16.2. The van der Waals surface area contributed by atoms with Crippen LogP contribution in [-0.4, -0.2) is 50.8 Å². The minimum atomic E-state index is -2.94. The molecule has 8 heteroatoms. The number of thioether (sulfide) groups is 1. The molecule has 1 fully saturated rings. The van der Waals surface area contributed by atoms with Crippen molar-refractivity contribution in [2.24, 2.45) is 4.99 Å². The van der Waals surface area contributed by atoms with Crippen molar-refractivity contribution in [3.05, 3.63) is 30.3 Å². The summed E-state index contributed by atoms with van der Waals surface area (Å²) in [5.74, 6) is 0.974. The summed E-state index contributed by atoms with van der Waals surface area (Å²) in [6, 6.07) is 10.4. The van der Waals surface area contributed by atoms with Gasteiger partial charge >= 0.3 is 0 Å². The van der Waals surface area contributed by atoms with Crippen LogP contribution in [0.5, 0.6) is 0 Å². The highest BCUT2D eigenvalue weighted by molar-refractivity contribution is 14.0. The highest BCUT2D eigenvalue weighted by atomic mass is 127. The quantitative estimate of drug-likeness (QED) is 0.338. The molecular weight excluding hydrogens is 457 g/mol. The first-order valence-corrected chi connectivity index (χ1v) is 10.5. The minimum absolute atomic E-state index is 0. The van der Waals surface area contributed by atoms with Crippen LogP contribution >= 0.6 is 35.7 Å². The maximum Gasteiger partial charge on any atom is 0.191 e. The SMILES string of the molecule is CCS(=O)(=O)CCNC(=NC)NCC1(Sc2ccccc2)CC1.I. The van der Waals surface area contributed by atoms with Crippen LogP contribution in [0, 0.1) is 0 Å². The molecule has 0 amide bonds. The van der Waals surface area contributed by atoms with Crippen LogP contribution < -0.4 is 10.6 Å². The molecule has 1 aromatic carbocycles. The molecule has 0 aliphatic heterocycles. The zero-order valence-electron chi connectivity index (χ0n) is 14.1. The van der Waals surface area contributed by atoms with Gasteiger partial charge in [-0.15, -0.1) is 35.7 Å². The van der Waals surface area contributed by atoms with Crippen LogP contribution in [0.25, 0.3) is 0 Å². The Morgan fingerprint density at radius 1 is 1.25 bits per heavy atom. The molecule has 136 valence electrons. The van der Waals surface area contributed by atoms with Crippen LogP contribution in [0.1, 0.15) is 19.8 Å². The summed E-state index contributed by atoms with van der Waals surface area (Å²) >= 11 is 1.90. The van der Waals surface area contributed by atoms with Crippen molar-refractivity contribution in [3.8, 4) is 0 Å². The first-order chi connectivity index (χ1) is 11.0. The fraction of sp³-hybridized carbons (Fsp3) is 0.562. The number of hydrogen-bond acceptors (Lipinski definition) is 4. The summed E-state index contributed by atoms with van der Waals surface area (Å²) in [6.45, 7) is 2.88. The monoisotopic (exact) mass is 483 g/mol. The number of aliphatic imine (C=N–C) groups is 1. The van der Waals surface area contributed by atoms with Gasteiger partial charge in [0.05, 0.1) is 5.75 Å². The second-order valence-electron chi connectivity index (χ2n) is 5.69. The van der Waals surface area contributed by atoms with E-state index in [-0.39, 0.29) is 40.2 Å². The van der Waals surface area contributed by atoms with Crippen LogP contribution in [-0.2, 0) is 9.84 Å². The van der Waals surface area contributed by atoms with Gasteiger partial charge in [0, 0.05) is 35.5 Å². The largest absolute Gasteiger partial charge is 0.355 e. The van der Waals surface area contributed by atoms with Gasteiger partial charge in [0.2, 0.25) is 0 Å². The standard InChI is InChI=1S/C16H25N3O2S2.HI/c1-3-23(20,21)12-11-18-15(17-2)19-13-16(9-10-16)22-14-7-5-4-6-8-14;/h4-8H,3,9-13H2,1-2H3,(H2,17,18,19);1H. The van der Waals surface area contributed by atoms with Gasteiger partial charge in [0.15, 0.2) is 15.8 Å². The Labute approximate surface area is 166 Å². The van der Waals surface area contributed by atoms with E-state index >= 15 is 0 Å². The number of benzene rings is 1. The molecule has 0 saturated heterocycles. The van der Waals surface area contributed by atoms with Gasteiger partial charge < -0.3 is 10.6 Å². The number of hydrogen-bond donors (Lipinski definition) is 2. The predicted molar refractivity (Wildman–Crippen MR) is 113 cm³/mol. The number of guanidine groups is 1. The van der Waals surface area contributed by atoms with Gasteiger partial charge in [-0.05, 0) is 25.0 Å². The Morgan fingerprint density at radius 2 is 1.92 bits per heavy atom. The van der Waals surface area contributed by atoms with Crippen LogP contribution in [0.3, 0.4) is 0 Å². The number of rotatable bonds is 8. The smallest absolute Gasteiger partial charge is 0.191 e. The maximum atomic E-state index is 11.5. The molecule has 0 bridgehead atoms. The maximum absolute atomic E-state index is 11.5. The van der Waals surface area contributed by atoms with Crippen LogP contribution in [0.2, 0.25) is 0 Å². The van der Waals surface area contributed by atoms with Gasteiger partial charge in [-0.2, -0.15) is 0 Å². The van der Waals surface area contributed by atoms with Crippen molar-refractivity contribution < 1.29 is 8.42 Å². The van der Waals surface area contributed by atoms with Crippen molar-refractivity contribution in [1.82, 2.24) is 10.6 Å². The molecule has 2 N–H and O–H groups in total. The van der Waals surface area contributed by atoms with Crippen molar-refractivity contribution in [2.45, 2.75) is 29.4 Å². The third-order valence-electron chi connectivity index (χ3n) is 3.83. The van der Waals surface area contributed by atoms with E-state index in [1.165, 1.54) is 17.7 Å². The highest BCUT2D eigenvalue weighted by Crippen LogP contribution is 2.51. The van der Waals surface area contributed by atoms with E-state index in [2.05, 4.69) is 39.9 Å². The molecule has 0 atom stereocenters. The van der Waals surface area contributed by atoms with E-state index in [1.807, 2.05) is 17.8 Å². The number of sulfone groups is 1. The van der Waals surface area contributed by atoms with E-state index in [4.69, 9.17) is 0 Å². The van der Waals surface area contributed by atoms with E-state index in [1.54, 1.807) is 14.0 Å². The van der Waals surface area contributed by atoms with Gasteiger partial charge in [-0.25, -0.2) is 8.42 Å². The number of halogens is 1. The van der Waals surface area contributed by atoms with Crippen LogP contribution in [0.4, 0.5) is 0 Å². The molecule has 0 radical (unpaired) electrons. The molecule has 0 heterocycles. The molecule has 1 aliphatic rings. The van der Waals surface area contributed by atoms with Gasteiger partial charge in [0.1, 0.15) is 0 Å². The lowest BCUT2D eigenvalue weighted by molar-refractivity contribution is 0.595. The average Bonchev–Trinajstić information content (AvgIpc) is 3.31. The first kappa shape index (κ1) is 21.6.